The van der Waals surface area contributed by atoms with Gasteiger partial charge < -0.3 is 14.2 Å². The second-order valence-corrected chi connectivity index (χ2v) is 12.9. The Morgan fingerprint density at radius 2 is 0.595 bits per heavy atom. The Morgan fingerprint density at radius 1 is 0.381 bits per heavy atom. The maximum Gasteiger partial charge on any atom is 0.336 e. The van der Waals surface area contributed by atoms with Gasteiger partial charge in [0, 0.05) is 19.6 Å². The summed E-state index contributed by atoms with van der Waals surface area (Å²) in [6, 6.07) is 0. The first-order chi connectivity index (χ1) is 20.6. The third-order valence-electron chi connectivity index (χ3n) is 9.07. The molecule has 0 spiro atoms. The van der Waals surface area contributed by atoms with Gasteiger partial charge in [-0.15, -0.1) is 0 Å². The Bertz CT molecular complexity index is 903. The lowest BCUT2D eigenvalue weighted by Gasteiger charge is -2.14. The topological polar surface area (TPSA) is 104 Å². The molecule has 3 saturated heterocycles. The average Bonchev–Trinajstić information content (AvgIpc) is 3.83. The molecule has 0 N–H and O–H groups in total. The molecule has 0 radical (unpaired) electrons. The zero-order chi connectivity index (χ0) is 29.4. The van der Waals surface area contributed by atoms with E-state index < -0.39 is 17.1 Å². The fourth-order valence-electron chi connectivity index (χ4n) is 6.01. The van der Waals surface area contributed by atoms with Crippen molar-refractivity contribution in [2.45, 2.75) is 173 Å². The second-order valence-electron chi connectivity index (χ2n) is 12.9. The number of ether oxygens (including phenoxy) is 3. The van der Waals surface area contributed by atoms with Crippen LogP contribution in [0.25, 0.3) is 0 Å². The summed E-state index contributed by atoms with van der Waals surface area (Å²) in [5.41, 5.74) is -1.26. The lowest BCUT2D eigenvalue weighted by atomic mass is 10.1. The van der Waals surface area contributed by atoms with Gasteiger partial charge in [0.15, 0.2) is 0 Å². The van der Waals surface area contributed by atoms with Crippen LogP contribution < -0.4 is 17.1 Å². The molecular weight excluding hydrogens is 534 g/mol. The van der Waals surface area contributed by atoms with E-state index >= 15 is 0 Å². The summed E-state index contributed by atoms with van der Waals surface area (Å²) in [6.45, 7) is 3.97. The normalized spacial score (nSPS) is 20.7. The molecule has 1 aromatic rings. The highest BCUT2D eigenvalue weighted by molar-refractivity contribution is 4.80. The van der Waals surface area contributed by atoms with E-state index in [4.69, 9.17) is 14.2 Å². The van der Waals surface area contributed by atoms with Gasteiger partial charge in [-0.3, -0.25) is 0 Å². The maximum absolute atomic E-state index is 13.3. The number of unbranched alkanes of at least 4 members (excludes halogenated alkanes) is 15. The van der Waals surface area contributed by atoms with Gasteiger partial charge in [0.05, 0.1) is 38.1 Å². The zero-order valence-electron chi connectivity index (χ0n) is 26.1. The summed E-state index contributed by atoms with van der Waals surface area (Å²) in [4.78, 5) is 40.0. The van der Waals surface area contributed by atoms with Crippen LogP contribution in [0.15, 0.2) is 14.4 Å². The van der Waals surface area contributed by atoms with E-state index in [0.29, 0.717) is 37.9 Å². The van der Waals surface area contributed by atoms with Crippen molar-refractivity contribution >= 4 is 0 Å². The van der Waals surface area contributed by atoms with Crippen LogP contribution in [0.2, 0.25) is 0 Å². The molecule has 0 saturated carbocycles. The number of rotatable bonds is 27. The van der Waals surface area contributed by atoms with Gasteiger partial charge in [0.2, 0.25) is 0 Å². The quantitative estimate of drug-likeness (QED) is 0.0980. The van der Waals surface area contributed by atoms with Crippen molar-refractivity contribution in [3.63, 3.8) is 0 Å². The van der Waals surface area contributed by atoms with Gasteiger partial charge in [-0.2, -0.15) is 0 Å². The number of epoxide rings is 3. The Labute approximate surface area is 251 Å². The van der Waals surface area contributed by atoms with Gasteiger partial charge in [-0.25, -0.2) is 28.1 Å². The molecule has 1 aromatic heterocycles. The van der Waals surface area contributed by atoms with Gasteiger partial charge in [-0.05, 0) is 38.5 Å². The van der Waals surface area contributed by atoms with Crippen molar-refractivity contribution in [2.75, 3.05) is 19.8 Å². The molecule has 240 valence electrons. The van der Waals surface area contributed by atoms with Gasteiger partial charge in [0.25, 0.3) is 0 Å². The van der Waals surface area contributed by atoms with Crippen LogP contribution in [0.3, 0.4) is 0 Å². The average molecular weight is 592 g/mol. The van der Waals surface area contributed by atoms with Crippen LogP contribution in [0.1, 0.15) is 135 Å². The minimum atomic E-state index is -0.422. The van der Waals surface area contributed by atoms with Crippen molar-refractivity contribution in [3.05, 3.63) is 31.5 Å². The molecule has 42 heavy (non-hydrogen) atoms. The van der Waals surface area contributed by atoms with E-state index in [1.165, 1.54) is 90.8 Å². The van der Waals surface area contributed by atoms with E-state index in [2.05, 4.69) is 0 Å². The number of hydrogen-bond donors (Lipinski definition) is 0. The molecule has 9 nitrogen and oxygen atoms in total. The van der Waals surface area contributed by atoms with Gasteiger partial charge in [-0.1, -0.05) is 96.3 Å². The Morgan fingerprint density at radius 3 is 0.833 bits per heavy atom. The summed E-state index contributed by atoms with van der Waals surface area (Å²) >= 11 is 0. The molecular formula is C33H57N3O6. The Balaban J connectivity index is 1.22. The smallest absolute Gasteiger partial charge is 0.336 e. The SMILES string of the molecule is O=c1n(CCCCCCCCC2CO2)c(=O)n(CCCCCCCCC2CO2)c(=O)n1CCCCCCCCC1CO1. The molecule has 3 aliphatic heterocycles. The van der Waals surface area contributed by atoms with Crippen molar-refractivity contribution in [2.24, 2.45) is 0 Å². The largest absolute Gasteiger partial charge is 0.373 e. The molecule has 3 fully saturated rings. The molecule has 0 aromatic carbocycles. The molecule has 4 rings (SSSR count). The highest BCUT2D eigenvalue weighted by atomic mass is 16.6. The fraction of sp³-hybridized carbons (Fsp3) is 0.909. The van der Waals surface area contributed by atoms with Crippen LogP contribution in [0.5, 0.6) is 0 Å². The van der Waals surface area contributed by atoms with Gasteiger partial charge in [0.1, 0.15) is 0 Å². The first kappa shape index (κ1) is 33.2. The van der Waals surface area contributed by atoms with E-state index in [1.54, 1.807) is 0 Å². The first-order valence-electron chi connectivity index (χ1n) is 17.4. The van der Waals surface area contributed by atoms with E-state index in [1.807, 2.05) is 0 Å². The predicted octanol–water partition coefficient (Wildman–Crippen LogP) is 5.56. The van der Waals surface area contributed by atoms with E-state index in [9.17, 15) is 14.4 Å². The molecule has 0 amide bonds. The molecule has 9 heteroatoms. The molecule has 4 heterocycles. The van der Waals surface area contributed by atoms with Crippen LogP contribution in [0.4, 0.5) is 0 Å². The number of hydrogen-bond acceptors (Lipinski definition) is 6. The monoisotopic (exact) mass is 591 g/mol. The van der Waals surface area contributed by atoms with Gasteiger partial charge >= 0.3 is 17.1 Å². The summed E-state index contributed by atoms with van der Waals surface area (Å²) < 4.78 is 19.8. The minimum absolute atomic E-state index is 0.392. The standard InChI is InChI=1S/C33H57N3O6/c37-31-34(22-16-10-4-1-7-13-19-28-25-40-28)32(38)36(24-18-12-6-3-9-15-21-30-27-42-30)33(39)35(31)23-17-11-5-2-8-14-20-29-26-41-29/h28-30H,1-27H2. The second kappa shape index (κ2) is 18.8. The highest BCUT2D eigenvalue weighted by Crippen LogP contribution is 2.20. The van der Waals surface area contributed by atoms with E-state index in [0.717, 1.165) is 77.6 Å². The van der Waals surface area contributed by atoms with Crippen molar-refractivity contribution in [3.8, 4) is 0 Å². The van der Waals surface area contributed by atoms with Crippen molar-refractivity contribution < 1.29 is 14.2 Å². The summed E-state index contributed by atoms with van der Waals surface area (Å²) in [5, 5.41) is 0. The Kier molecular flexibility index (Phi) is 14.9. The number of aromatic nitrogens is 3. The lowest BCUT2D eigenvalue weighted by molar-refractivity contribution is 0.385. The molecule has 0 bridgehead atoms. The zero-order valence-corrected chi connectivity index (χ0v) is 26.1. The molecule has 3 atom stereocenters. The molecule has 3 aliphatic rings. The fourth-order valence-corrected chi connectivity index (χ4v) is 6.01. The third kappa shape index (κ3) is 12.9. The molecule has 0 aliphatic carbocycles. The Hall–Kier alpha value is -1.71. The van der Waals surface area contributed by atoms with Crippen LogP contribution in [-0.2, 0) is 33.8 Å². The third-order valence-corrected chi connectivity index (χ3v) is 9.07. The highest BCUT2D eigenvalue weighted by Gasteiger charge is 2.22. The van der Waals surface area contributed by atoms with Crippen LogP contribution >= 0.6 is 0 Å². The van der Waals surface area contributed by atoms with Crippen LogP contribution in [0, 0.1) is 0 Å². The predicted molar refractivity (Wildman–Crippen MR) is 165 cm³/mol. The van der Waals surface area contributed by atoms with E-state index in [-0.39, 0.29) is 0 Å². The lowest BCUT2D eigenvalue weighted by Crippen LogP contribution is -2.54. The maximum atomic E-state index is 13.3. The summed E-state index contributed by atoms with van der Waals surface area (Å²) in [5.74, 6) is 0. The minimum Gasteiger partial charge on any atom is -0.373 e. The van der Waals surface area contributed by atoms with Crippen LogP contribution in [-0.4, -0.2) is 51.8 Å². The van der Waals surface area contributed by atoms with Crippen molar-refractivity contribution in [1.82, 2.24) is 13.7 Å². The summed E-state index contributed by atoms with van der Waals surface area (Å²) in [6.07, 6.45) is 24.5. The van der Waals surface area contributed by atoms with Crippen molar-refractivity contribution in [1.29, 1.82) is 0 Å². The molecule has 3 unspecified atom stereocenters. The number of nitrogens with zero attached hydrogens (tertiary/aromatic N) is 3. The first-order valence-corrected chi connectivity index (χ1v) is 17.4. The summed E-state index contributed by atoms with van der Waals surface area (Å²) in [7, 11) is 0.